The Kier molecular flexibility index (Phi) is 2.25. The molecule has 0 bridgehead atoms. The van der Waals surface area contributed by atoms with Crippen molar-refractivity contribution in [1.82, 2.24) is 4.81 Å². The van der Waals surface area contributed by atoms with Crippen LogP contribution in [0.4, 0.5) is 0 Å². The molecule has 0 saturated heterocycles. The highest BCUT2D eigenvalue weighted by Gasteiger charge is 1.97. The molecule has 1 nitrogen and oxygen atoms in total. The Morgan fingerprint density at radius 3 is 1.33 bits per heavy atom. The van der Waals surface area contributed by atoms with Crippen LogP contribution >= 0.6 is 0 Å². The maximum absolute atomic E-state index is 2.17. The van der Waals surface area contributed by atoms with Crippen molar-refractivity contribution in [2.24, 2.45) is 0 Å². The van der Waals surface area contributed by atoms with E-state index in [1.165, 1.54) is 0 Å². The molecular weight excluding hydrogens is 72.9 g/mol. The van der Waals surface area contributed by atoms with E-state index in [1.54, 1.807) is 0 Å². The topological polar surface area (TPSA) is 3.24 Å². The van der Waals surface area contributed by atoms with Crippen LogP contribution in [0.15, 0.2) is 0 Å². The molecule has 36 valence electrons. The molecule has 0 aromatic rings. The standard InChI is InChI=1S/C4H12BN/c1-5(2)6(3)4/h1-4H3. The first-order valence-corrected chi connectivity index (χ1v) is 2.31. The normalized spacial score (nSPS) is 9.50. The van der Waals surface area contributed by atoms with Crippen molar-refractivity contribution < 1.29 is 0 Å². The van der Waals surface area contributed by atoms with Crippen molar-refractivity contribution in [1.29, 1.82) is 0 Å². The highest BCUT2D eigenvalue weighted by atomic mass is 15.0. The molecule has 0 saturated carbocycles. The van der Waals surface area contributed by atoms with E-state index in [1.807, 2.05) is 0 Å². The van der Waals surface area contributed by atoms with Gasteiger partial charge in [0.2, 0.25) is 6.85 Å². The Balaban J connectivity index is 2.99. The van der Waals surface area contributed by atoms with Gasteiger partial charge in [0.25, 0.3) is 0 Å². The summed E-state index contributed by atoms with van der Waals surface area (Å²) in [4.78, 5) is 2.17. The van der Waals surface area contributed by atoms with Gasteiger partial charge in [-0.2, -0.15) is 0 Å². The minimum atomic E-state index is 0.685. The zero-order valence-electron chi connectivity index (χ0n) is 5.02. The third-order valence-corrected chi connectivity index (χ3v) is 1.03. The zero-order valence-corrected chi connectivity index (χ0v) is 5.02. The first-order chi connectivity index (χ1) is 2.64. The van der Waals surface area contributed by atoms with Gasteiger partial charge in [-0.15, -0.1) is 0 Å². The molecule has 2 heteroatoms. The molecule has 0 radical (unpaired) electrons. The molecule has 0 aliphatic heterocycles. The van der Waals surface area contributed by atoms with Crippen LogP contribution in [-0.4, -0.2) is 25.8 Å². The summed E-state index contributed by atoms with van der Waals surface area (Å²) in [7, 11) is 4.15. The SMILES string of the molecule is CB(C)N(C)C. The number of hydrogen-bond donors (Lipinski definition) is 0. The summed E-state index contributed by atoms with van der Waals surface area (Å²) < 4.78 is 0. The summed E-state index contributed by atoms with van der Waals surface area (Å²) in [5.41, 5.74) is 0. The van der Waals surface area contributed by atoms with Crippen molar-refractivity contribution in [3.63, 3.8) is 0 Å². The summed E-state index contributed by atoms with van der Waals surface area (Å²) in [6.07, 6.45) is 0. The third-order valence-electron chi connectivity index (χ3n) is 1.03. The van der Waals surface area contributed by atoms with Gasteiger partial charge in [0.15, 0.2) is 0 Å². The van der Waals surface area contributed by atoms with Crippen molar-refractivity contribution in [2.75, 3.05) is 14.1 Å². The van der Waals surface area contributed by atoms with Crippen LogP contribution in [-0.2, 0) is 0 Å². The molecule has 0 spiro atoms. The lowest BCUT2D eigenvalue weighted by molar-refractivity contribution is 0.648. The fourth-order valence-electron chi connectivity index (χ4n) is 0. The van der Waals surface area contributed by atoms with Gasteiger partial charge in [0.05, 0.1) is 0 Å². The van der Waals surface area contributed by atoms with Gasteiger partial charge in [0.1, 0.15) is 0 Å². The molecule has 0 aliphatic carbocycles. The van der Waals surface area contributed by atoms with Gasteiger partial charge in [0, 0.05) is 0 Å². The van der Waals surface area contributed by atoms with E-state index < -0.39 is 0 Å². The van der Waals surface area contributed by atoms with Crippen molar-refractivity contribution >= 4 is 6.85 Å². The number of nitrogens with zero attached hydrogens (tertiary/aromatic N) is 1. The van der Waals surface area contributed by atoms with Gasteiger partial charge in [-0.3, -0.25) is 0 Å². The molecule has 0 fully saturated rings. The lowest BCUT2D eigenvalue weighted by atomic mass is 9.67. The van der Waals surface area contributed by atoms with E-state index in [0.29, 0.717) is 6.85 Å². The fraction of sp³-hybridized carbons (Fsp3) is 1.00. The minimum Gasteiger partial charge on any atom is -0.348 e. The fourth-order valence-corrected chi connectivity index (χ4v) is 0. The molecule has 0 atom stereocenters. The van der Waals surface area contributed by atoms with Crippen LogP contribution in [0.25, 0.3) is 0 Å². The van der Waals surface area contributed by atoms with Crippen LogP contribution in [0.5, 0.6) is 0 Å². The molecule has 0 N–H and O–H groups in total. The summed E-state index contributed by atoms with van der Waals surface area (Å²) in [6, 6.07) is 0. The smallest absolute Gasteiger partial charge is 0.216 e. The summed E-state index contributed by atoms with van der Waals surface area (Å²) in [5.74, 6) is 0. The molecule has 6 heavy (non-hydrogen) atoms. The first kappa shape index (κ1) is 6.02. The Morgan fingerprint density at radius 1 is 1.17 bits per heavy atom. The zero-order chi connectivity index (χ0) is 5.15. The Labute approximate surface area is 40.4 Å². The monoisotopic (exact) mass is 85.1 g/mol. The number of rotatable bonds is 1. The van der Waals surface area contributed by atoms with Gasteiger partial charge in [-0.1, -0.05) is 13.6 Å². The molecule has 0 rings (SSSR count). The van der Waals surface area contributed by atoms with Crippen LogP contribution in [0.1, 0.15) is 0 Å². The predicted molar refractivity (Wildman–Crippen MR) is 31.2 cm³/mol. The Morgan fingerprint density at radius 2 is 1.33 bits per heavy atom. The molecular formula is C4H12BN. The lowest BCUT2D eigenvalue weighted by Crippen LogP contribution is -2.25. The molecule has 0 amide bonds. The van der Waals surface area contributed by atoms with Crippen LogP contribution < -0.4 is 0 Å². The molecule has 0 aliphatic rings. The average Bonchev–Trinajstić information content (AvgIpc) is 1.36. The highest BCUT2D eigenvalue weighted by Crippen LogP contribution is 1.79. The van der Waals surface area contributed by atoms with E-state index in [2.05, 4.69) is 32.6 Å². The predicted octanol–water partition coefficient (Wildman–Crippen LogP) is 0.799. The third kappa shape index (κ3) is 2.27. The van der Waals surface area contributed by atoms with Gasteiger partial charge in [-0.25, -0.2) is 0 Å². The first-order valence-electron chi connectivity index (χ1n) is 2.31. The van der Waals surface area contributed by atoms with Crippen LogP contribution in [0.3, 0.4) is 0 Å². The second kappa shape index (κ2) is 2.24. The van der Waals surface area contributed by atoms with E-state index >= 15 is 0 Å². The molecule has 0 aromatic heterocycles. The van der Waals surface area contributed by atoms with Crippen LogP contribution in [0.2, 0.25) is 13.6 Å². The maximum Gasteiger partial charge on any atom is 0.216 e. The Bertz CT molecular complexity index is 28.5. The Hall–Kier alpha value is 0.0249. The summed E-state index contributed by atoms with van der Waals surface area (Å²) in [6.45, 7) is 5.02. The average molecular weight is 85.0 g/mol. The minimum absolute atomic E-state index is 0.685. The summed E-state index contributed by atoms with van der Waals surface area (Å²) >= 11 is 0. The second-order valence-electron chi connectivity index (χ2n) is 2.06. The van der Waals surface area contributed by atoms with Crippen LogP contribution in [0, 0.1) is 0 Å². The largest absolute Gasteiger partial charge is 0.348 e. The highest BCUT2D eigenvalue weighted by molar-refractivity contribution is 6.52. The van der Waals surface area contributed by atoms with Gasteiger partial charge < -0.3 is 4.81 Å². The van der Waals surface area contributed by atoms with E-state index in [9.17, 15) is 0 Å². The lowest BCUT2D eigenvalue weighted by Gasteiger charge is -2.08. The quantitative estimate of drug-likeness (QED) is 0.425. The summed E-state index contributed by atoms with van der Waals surface area (Å²) in [5, 5.41) is 0. The maximum atomic E-state index is 2.17. The number of hydrogen-bond acceptors (Lipinski definition) is 1. The second-order valence-corrected chi connectivity index (χ2v) is 2.06. The molecule has 0 unspecified atom stereocenters. The van der Waals surface area contributed by atoms with Gasteiger partial charge in [-0.05, 0) is 14.1 Å². The van der Waals surface area contributed by atoms with E-state index in [4.69, 9.17) is 0 Å². The molecule has 0 heterocycles. The van der Waals surface area contributed by atoms with Crippen molar-refractivity contribution in [2.45, 2.75) is 13.6 Å². The van der Waals surface area contributed by atoms with Gasteiger partial charge >= 0.3 is 0 Å². The van der Waals surface area contributed by atoms with Crippen molar-refractivity contribution in [3.05, 3.63) is 0 Å². The van der Waals surface area contributed by atoms with Crippen molar-refractivity contribution in [3.8, 4) is 0 Å². The van der Waals surface area contributed by atoms with E-state index in [0.717, 1.165) is 0 Å². The molecule has 0 aromatic carbocycles. The van der Waals surface area contributed by atoms with E-state index in [-0.39, 0.29) is 0 Å².